The van der Waals surface area contributed by atoms with E-state index in [1.165, 1.54) is 0 Å². The summed E-state index contributed by atoms with van der Waals surface area (Å²) < 4.78 is 1.85. The van der Waals surface area contributed by atoms with Crippen molar-refractivity contribution >= 4 is 23.0 Å². The van der Waals surface area contributed by atoms with E-state index in [0.717, 1.165) is 16.5 Å². The van der Waals surface area contributed by atoms with Crippen LogP contribution in [0.4, 0.5) is 0 Å². The molecule has 1 N–H and O–H groups in total. The number of carbonyl (C=O) groups excluding carboxylic acids is 1. The van der Waals surface area contributed by atoms with Gasteiger partial charge in [0, 0.05) is 30.3 Å². The number of aromatic nitrogens is 2. The SMILES string of the molecule is Cn1c(C(=O)N/N=C/c2ccncc2)cc2ccccc21. The molecule has 0 spiro atoms. The molecule has 104 valence electrons. The Morgan fingerprint density at radius 1 is 1.24 bits per heavy atom. The largest absolute Gasteiger partial charge is 0.340 e. The molecule has 0 unspecified atom stereocenters. The number of amides is 1. The summed E-state index contributed by atoms with van der Waals surface area (Å²) in [4.78, 5) is 16.1. The fourth-order valence-electron chi connectivity index (χ4n) is 2.18. The number of hydrazone groups is 1. The van der Waals surface area contributed by atoms with Crippen molar-refractivity contribution in [3.63, 3.8) is 0 Å². The molecule has 1 amide bonds. The van der Waals surface area contributed by atoms with Gasteiger partial charge in [-0.3, -0.25) is 9.78 Å². The van der Waals surface area contributed by atoms with E-state index >= 15 is 0 Å². The van der Waals surface area contributed by atoms with Crippen molar-refractivity contribution in [1.82, 2.24) is 15.0 Å². The second-order valence-electron chi connectivity index (χ2n) is 4.63. The van der Waals surface area contributed by atoms with Crippen LogP contribution < -0.4 is 5.43 Å². The molecule has 1 aromatic carbocycles. The number of hydrogen-bond donors (Lipinski definition) is 1. The molecule has 0 aliphatic carbocycles. The Morgan fingerprint density at radius 2 is 2.00 bits per heavy atom. The van der Waals surface area contributed by atoms with E-state index in [2.05, 4.69) is 15.5 Å². The van der Waals surface area contributed by atoms with E-state index in [1.54, 1.807) is 18.6 Å². The summed E-state index contributed by atoms with van der Waals surface area (Å²) in [5.41, 5.74) is 5.00. The summed E-state index contributed by atoms with van der Waals surface area (Å²) in [6.07, 6.45) is 4.93. The minimum absolute atomic E-state index is 0.237. The fraction of sp³-hybridized carbons (Fsp3) is 0.0625. The van der Waals surface area contributed by atoms with Crippen LogP contribution in [0.5, 0.6) is 0 Å². The van der Waals surface area contributed by atoms with Gasteiger partial charge in [0.15, 0.2) is 0 Å². The highest BCUT2D eigenvalue weighted by Gasteiger charge is 2.11. The number of pyridine rings is 1. The molecule has 2 aromatic heterocycles. The Morgan fingerprint density at radius 3 is 2.76 bits per heavy atom. The van der Waals surface area contributed by atoms with Gasteiger partial charge in [-0.2, -0.15) is 5.10 Å². The van der Waals surface area contributed by atoms with E-state index in [1.807, 2.05) is 54.1 Å². The van der Waals surface area contributed by atoms with E-state index in [-0.39, 0.29) is 5.91 Å². The van der Waals surface area contributed by atoms with Gasteiger partial charge in [-0.25, -0.2) is 5.43 Å². The van der Waals surface area contributed by atoms with Crippen molar-refractivity contribution in [1.29, 1.82) is 0 Å². The first-order valence-corrected chi connectivity index (χ1v) is 6.53. The van der Waals surface area contributed by atoms with Gasteiger partial charge >= 0.3 is 0 Å². The summed E-state index contributed by atoms with van der Waals surface area (Å²) in [7, 11) is 1.86. The minimum atomic E-state index is -0.237. The van der Waals surface area contributed by atoms with Crippen LogP contribution in [0.25, 0.3) is 10.9 Å². The number of fused-ring (bicyclic) bond motifs is 1. The van der Waals surface area contributed by atoms with Crippen LogP contribution in [0.2, 0.25) is 0 Å². The van der Waals surface area contributed by atoms with E-state index in [9.17, 15) is 4.79 Å². The van der Waals surface area contributed by atoms with Crippen molar-refractivity contribution in [2.45, 2.75) is 0 Å². The zero-order valence-electron chi connectivity index (χ0n) is 11.5. The van der Waals surface area contributed by atoms with Crippen LogP contribution in [0.1, 0.15) is 16.1 Å². The summed E-state index contributed by atoms with van der Waals surface area (Å²) in [5.74, 6) is -0.237. The highest BCUT2D eigenvalue weighted by molar-refractivity contribution is 5.99. The number of nitrogens with one attached hydrogen (secondary N) is 1. The normalized spacial score (nSPS) is 11.1. The van der Waals surface area contributed by atoms with Crippen LogP contribution in [-0.4, -0.2) is 21.7 Å². The van der Waals surface area contributed by atoms with Gasteiger partial charge in [0.2, 0.25) is 0 Å². The predicted octanol–water partition coefficient (Wildman–Crippen LogP) is 2.34. The second-order valence-corrected chi connectivity index (χ2v) is 4.63. The van der Waals surface area contributed by atoms with Crippen LogP contribution in [0, 0.1) is 0 Å². The zero-order chi connectivity index (χ0) is 14.7. The number of benzene rings is 1. The molecule has 0 aliphatic rings. The monoisotopic (exact) mass is 278 g/mol. The lowest BCUT2D eigenvalue weighted by atomic mass is 10.2. The maximum absolute atomic E-state index is 12.2. The topological polar surface area (TPSA) is 59.3 Å². The molecular formula is C16H14N4O. The molecule has 0 saturated carbocycles. The molecule has 21 heavy (non-hydrogen) atoms. The minimum Gasteiger partial charge on any atom is -0.340 e. The third-order valence-corrected chi connectivity index (χ3v) is 3.27. The van der Waals surface area contributed by atoms with Crippen molar-refractivity contribution in [3.05, 3.63) is 66.1 Å². The Hall–Kier alpha value is -2.95. The number of carbonyl (C=O) groups is 1. The van der Waals surface area contributed by atoms with Gasteiger partial charge in [-0.05, 0) is 29.8 Å². The molecule has 2 heterocycles. The molecular weight excluding hydrogens is 264 g/mol. The van der Waals surface area contributed by atoms with Crippen LogP contribution in [0.15, 0.2) is 60.0 Å². The lowest BCUT2D eigenvalue weighted by molar-refractivity contribution is 0.0947. The van der Waals surface area contributed by atoms with E-state index < -0.39 is 0 Å². The molecule has 0 bridgehead atoms. The van der Waals surface area contributed by atoms with Gasteiger partial charge in [0.05, 0.1) is 6.21 Å². The molecule has 0 fully saturated rings. The first-order chi connectivity index (χ1) is 10.3. The molecule has 5 nitrogen and oxygen atoms in total. The molecule has 5 heteroatoms. The first-order valence-electron chi connectivity index (χ1n) is 6.53. The predicted molar refractivity (Wildman–Crippen MR) is 82.2 cm³/mol. The lowest BCUT2D eigenvalue weighted by Gasteiger charge is -2.02. The Kier molecular flexibility index (Phi) is 3.47. The summed E-state index contributed by atoms with van der Waals surface area (Å²) in [5, 5.41) is 4.99. The smallest absolute Gasteiger partial charge is 0.287 e. The Balaban J connectivity index is 1.78. The number of aryl methyl sites for hydroxylation is 1. The highest BCUT2D eigenvalue weighted by Crippen LogP contribution is 2.17. The van der Waals surface area contributed by atoms with Crippen LogP contribution in [0.3, 0.4) is 0 Å². The number of rotatable bonds is 3. The molecule has 3 aromatic rings. The fourth-order valence-corrected chi connectivity index (χ4v) is 2.18. The molecule has 0 radical (unpaired) electrons. The number of hydrogen-bond acceptors (Lipinski definition) is 3. The number of nitrogens with zero attached hydrogens (tertiary/aromatic N) is 3. The van der Waals surface area contributed by atoms with Crippen molar-refractivity contribution in [2.24, 2.45) is 12.1 Å². The highest BCUT2D eigenvalue weighted by atomic mass is 16.2. The van der Waals surface area contributed by atoms with Gasteiger partial charge in [0.25, 0.3) is 5.91 Å². The van der Waals surface area contributed by atoms with E-state index in [0.29, 0.717) is 5.69 Å². The molecule has 3 rings (SSSR count). The quantitative estimate of drug-likeness (QED) is 0.590. The maximum Gasteiger partial charge on any atom is 0.287 e. The van der Waals surface area contributed by atoms with Crippen LogP contribution >= 0.6 is 0 Å². The third-order valence-electron chi connectivity index (χ3n) is 3.27. The van der Waals surface area contributed by atoms with Crippen molar-refractivity contribution in [2.75, 3.05) is 0 Å². The Bertz CT molecular complexity index is 806. The molecule has 0 aliphatic heterocycles. The van der Waals surface area contributed by atoms with Gasteiger partial charge in [0.1, 0.15) is 5.69 Å². The lowest BCUT2D eigenvalue weighted by Crippen LogP contribution is -2.20. The van der Waals surface area contributed by atoms with Gasteiger partial charge in [-0.15, -0.1) is 0 Å². The van der Waals surface area contributed by atoms with Crippen LogP contribution in [-0.2, 0) is 7.05 Å². The molecule has 0 atom stereocenters. The summed E-state index contributed by atoms with van der Waals surface area (Å²) in [6, 6.07) is 13.3. The van der Waals surface area contributed by atoms with Gasteiger partial charge < -0.3 is 4.57 Å². The average Bonchev–Trinajstić information content (AvgIpc) is 2.86. The zero-order valence-corrected chi connectivity index (χ0v) is 11.5. The Labute approximate surface area is 121 Å². The average molecular weight is 278 g/mol. The molecule has 0 saturated heterocycles. The second kappa shape index (κ2) is 5.58. The third kappa shape index (κ3) is 2.67. The standard InChI is InChI=1S/C16H14N4O/c1-20-14-5-3-2-4-13(14)10-15(20)16(21)19-18-11-12-6-8-17-9-7-12/h2-11H,1H3,(H,19,21)/b18-11+. The van der Waals surface area contributed by atoms with Crippen molar-refractivity contribution in [3.8, 4) is 0 Å². The van der Waals surface area contributed by atoms with E-state index in [4.69, 9.17) is 0 Å². The first kappa shape index (κ1) is 13.1. The van der Waals surface area contributed by atoms with Gasteiger partial charge in [-0.1, -0.05) is 18.2 Å². The summed E-state index contributed by atoms with van der Waals surface area (Å²) in [6.45, 7) is 0. The number of para-hydroxylation sites is 1. The van der Waals surface area contributed by atoms with Crippen molar-refractivity contribution < 1.29 is 4.79 Å². The summed E-state index contributed by atoms with van der Waals surface area (Å²) >= 11 is 0. The maximum atomic E-state index is 12.2.